The highest BCUT2D eigenvalue weighted by Gasteiger charge is 2.55. The van der Waals surface area contributed by atoms with Crippen LogP contribution in [0.4, 0.5) is 4.79 Å². The molecule has 0 bridgehead atoms. The summed E-state index contributed by atoms with van der Waals surface area (Å²) in [6.07, 6.45) is 0.813. The fourth-order valence-corrected chi connectivity index (χ4v) is 1.62. The van der Waals surface area contributed by atoms with Crippen molar-refractivity contribution in [2.45, 2.75) is 11.8 Å². The van der Waals surface area contributed by atoms with Crippen LogP contribution in [0.15, 0.2) is 4.99 Å². The van der Waals surface area contributed by atoms with Crippen molar-refractivity contribution >= 4 is 18.3 Å². The smallest absolute Gasteiger partial charge is 0.325 e. The molecule has 0 aromatic rings. The highest BCUT2D eigenvalue weighted by atomic mass is 16.2. The number of nitrogens with two attached hydrogens (primary N) is 1. The summed E-state index contributed by atoms with van der Waals surface area (Å²) in [5, 5.41) is 2.17. The zero-order valence-corrected chi connectivity index (χ0v) is 7.89. The predicted octanol–water partition coefficient (Wildman–Crippen LogP) is -1.88. The molecule has 2 aliphatic rings. The van der Waals surface area contributed by atoms with Gasteiger partial charge in [-0.05, 0) is 0 Å². The Labute approximate surface area is 80.5 Å². The third-order valence-electron chi connectivity index (χ3n) is 2.63. The van der Waals surface area contributed by atoms with Crippen molar-refractivity contribution in [2.75, 3.05) is 14.1 Å². The minimum Gasteiger partial charge on any atom is -0.337 e. The summed E-state index contributed by atoms with van der Waals surface area (Å²) < 4.78 is 0. The summed E-state index contributed by atoms with van der Waals surface area (Å²) in [4.78, 5) is 29.6. The second-order valence-electron chi connectivity index (χ2n) is 3.44. The number of urea groups is 1. The number of fused-ring (bicyclic) bond motifs is 1. The van der Waals surface area contributed by atoms with Crippen molar-refractivity contribution in [3.8, 4) is 0 Å². The maximum absolute atomic E-state index is 11.6. The third kappa shape index (κ3) is 0.818. The second kappa shape index (κ2) is 2.44. The van der Waals surface area contributed by atoms with Gasteiger partial charge in [0.15, 0.2) is 6.17 Å². The van der Waals surface area contributed by atoms with Gasteiger partial charge in [-0.3, -0.25) is 15.8 Å². The maximum atomic E-state index is 11.6. The fraction of sp³-hybridized carbons (Fsp3) is 0.571. The zero-order valence-electron chi connectivity index (χ0n) is 7.89. The largest absolute Gasteiger partial charge is 0.337 e. The van der Waals surface area contributed by atoms with Gasteiger partial charge in [0, 0.05) is 14.1 Å². The molecular weight excluding hydrogens is 186 g/mol. The molecule has 0 unspecified atom stereocenters. The number of carbonyl (C=O) groups is 2. The van der Waals surface area contributed by atoms with E-state index in [9.17, 15) is 9.59 Å². The Kier molecular flexibility index (Phi) is 1.56. The van der Waals surface area contributed by atoms with Crippen molar-refractivity contribution in [2.24, 2.45) is 10.7 Å². The molecule has 1 saturated heterocycles. The first-order chi connectivity index (χ1) is 6.48. The topological polar surface area (TPSA) is 91.0 Å². The average molecular weight is 197 g/mol. The molecule has 2 heterocycles. The number of rotatable bonds is 0. The van der Waals surface area contributed by atoms with Crippen LogP contribution in [-0.4, -0.2) is 54.0 Å². The van der Waals surface area contributed by atoms with Gasteiger partial charge in [-0.2, -0.15) is 0 Å². The van der Waals surface area contributed by atoms with Gasteiger partial charge in [0.25, 0.3) is 5.91 Å². The number of aliphatic imine (C=N–C) groups is 1. The van der Waals surface area contributed by atoms with Crippen LogP contribution in [-0.2, 0) is 4.79 Å². The summed E-state index contributed by atoms with van der Waals surface area (Å²) in [5.41, 5.74) is 4.62. The minimum atomic E-state index is -1.28. The van der Waals surface area contributed by atoms with E-state index < -0.39 is 23.8 Å². The van der Waals surface area contributed by atoms with E-state index >= 15 is 0 Å². The lowest BCUT2D eigenvalue weighted by molar-refractivity contribution is -0.133. The number of carbonyl (C=O) groups excluding carboxylic acids is 2. The summed E-state index contributed by atoms with van der Waals surface area (Å²) >= 11 is 0. The van der Waals surface area contributed by atoms with E-state index in [1.807, 2.05) is 0 Å². The van der Waals surface area contributed by atoms with Gasteiger partial charge in [-0.15, -0.1) is 0 Å². The Morgan fingerprint density at radius 1 is 1.57 bits per heavy atom. The molecule has 76 valence electrons. The molecule has 2 atom stereocenters. The molecule has 2 aliphatic heterocycles. The lowest BCUT2D eigenvalue weighted by Gasteiger charge is -2.41. The van der Waals surface area contributed by atoms with E-state index in [0.29, 0.717) is 0 Å². The molecule has 3 amide bonds. The quantitative estimate of drug-likeness (QED) is 0.475. The van der Waals surface area contributed by atoms with Crippen molar-refractivity contribution in [3.63, 3.8) is 0 Å². The normalized spacial score (nSPS) is 36.1. The van der Waals surface area contributed by atoms with Gasteiger partial charge < -0.3 is 9.80 Å². The van der Waals surface area contributed by atoms with Crippen LogP contribution < -0.4 is 11.1 Å². The standard InChI is InChI=1S/C7H11N5O2/c1-11-3-9-4-7(11,8)5(13)10-6(14)12(4)2/h3-4H,8H2,1-2H3,(H,10,13,14)/t4-,7+/m1/s1. The van der Waals surface area contributed by atoms with Gasteiger partial charge in [-0.25, -0.2) is 9.79 Å². The molecular formula is C7H11N5O2. The van der Waals surface area contributed by atoms with Crippen LogP contribution in [0.5, 0.6) is 0 Å². The number of amides is 3. The lowest BCUT2D eigenvalue weighted by Crippen LogP contribution is -2.75. The van der Waals surface area contributed by atoms with E-state index in [0.717, 1.165) is 0 Å². The SMILES string of the molecule is CN1C(=O)NC(=O)[C@]2(N)[C@@H]1N=CN2C. The molecule has 0 saturated carbocycles. The number of imide groups is 1. The molecule has 0 aromatic carbocycles. The van der Waals surface area contributed by atoms with Gasteiger partial charge in [0.05, 0.1) is 6.34 Å². The second-order valence-corrected chi connectivity index (χ2v) is 3.44. The Hall–Kier alpha value is -1.63. The number of nitrogens with one attached hydrogen (secondary N) is 1. The molecule has 0 spiro atoms. The fourth-order valence-electron chi connectivity index (χ4n) is 1.62. The Bertz CT molecular complexity index is 341. The first kappa shape index (κ1) is 8.95. The van der Waals surface area contributed by atoms with Gasteiger partial charge in [-0.1, -0.05) is 0 Å². The average Bonchev–Trinajstić information content (AvgIpc) is 2.42. The van der Waals surface area contributed by atoms with Gasteiger partial charge >= 0.3 is 6.03 Å². The van der Waals surface area contributed by atoms with Crippen molar-refractivity contribution in [1.82, 2.24) is 15.1 Å². The van der Waals surface area contributed by atoms with Gasteiger partial charge in [0.2, 0.25) is 5.66 Å². The van der Waals surface area contributed by atoms with Crippen LogP contribution >= 0.6 is 0 Å². The molecule has 1 fully saturated rings. The molecule has 0 aromatic heterocycles. The Morgan fingerprint density at radius 3 is 2.86 bits per heavy atom. The minimum absolute atomic E-state index is 0.478. The number of hydrogen-bond donors (Lipinski definition) is 2. The maximum Gasteiger partial charge on any atom is 0.325 e. The van der Waals surface area contributed by atoms with Gasteiger partial charge in [0.1, 0.15) is 0 Å². The summed E-state index contributed by atoms with van der Waals surface area (Å²) in [6.45, 7) is 0. The van der Waals surface area contributed by atoms with Crippen molar-refractivity contribution in [3.05, 3.63) is 0 Å². The molecule has 2 rings (SSSR count). The molecule has 0 radical (unpaired) electrons. The number of hydrogen-bond acceptors (Lipinski definition) is 5. The summed E-state index contributed by atoms with van der Waals surface area (Å²) in [7, 11) is 3.19. The van der Waals surface area contributed by atoms with E-state index in [1.165, 1.54) is 16.1 Å². The summed E-state index contributed by atoms with van der Waals surface area (Å²) in [6, 6.07) is -0.478. The van der Waals surface area contributed by atoms with Crippen molar-refractivity contribution < 1.29 is 9.59 Å². The molecule has 14 heavy (non-hydrogen) atoms. The highest BCUT2D eigenvalue weighted by molar-refractivity contribution is 6.04. The van der Waals surface area contributed by atoms with Crippen molar-refractivity contribution in [1.29, 1.82) is 0 Å². The molecule has 3 N–H and O–H groups in total. The highest BCUT2D eigenvalue weighted by Crippen LogP contribution is 2.25. The first-order valence-electron chi connectivity index (χ1n) is 4.11. The molecule has 7 heteroatoms. The Balaban J connectivity index is 2.43. The van der Waals surface area contributed by atoms with Crippen LogP contribution in [0.2, 0.25) is 0 Å². The van der Waals surface area contributed by atoms with Crippen LogP contribution in [0.3, 0.4) is 0 Å². The van der Waals surface area contributed by atoms with E-state index in [2.05, 4.69) is 10.3 Å². The number of likely N-dealkylation sites (N-methyl/N-ethyl adjacent to an activating group) is 2. The zero-order chi connectivity index (χ0) is 10.5. The first-order valence-corrected chi connectivity index (χ1v) is 4.11. The van der Waals surface area contributed by atoms with Crippen LogP contribution in [0, 0.1) is 0 Å². The Morgan fingerprint density at radius 2 is 2.21 bits per heavy atom. The van der Waals surface area contributed by atoms with E-state index in [4.69, 9.17) is 5.73 Å². The van der Waals surface area contributed by atoms with E-state index in [1.54, 1.807) is 14.1 Å². The third-order valence-corrected chi connectivity index (χ3v) is 2.63. The van der Waals surface area contributed by atoms with Crippen LogP contribution in [0.25, 0.3) is 0 Å². The molecule has 0 aliphatic carbocycles. The monoisotopic (exact) mass is 197 g/mol. The van der Waals surface area contributed by atoms with Crippen LogP contribution in [0.1, 0.15) is 0 Å². The van der Waals surface area contributed by atoms with E-state index in [-0.39, 0.29) is 0 Å². The predicted molar refractivity (Wildman–Crippen MR) is 48.3 cm³/mol. The summed E-state index contributed by atoms with van der Waals surface area (Å²) in [5.74, 6) is -0.523. The lowest BCUT2D eigenvalue weighted by atomic mass is 10.0. The molecule has 7 nitrogen and oxygen atoms in total. The number of nitrogens with zero attached hydrogens (tertiary/aromatic N) is 3.